The number of ether oxygens (including phenoxy) is 1. The number of rotatable bonds is 6. The Hall–Kier alpha value is -1.88. The SMILES string of the molecule is CCOC(C)(C)CNc1nc(NC)nc2ccccc12. The Labute approximate surface area is 119 Å². The molecular formula is C15H22N4O. The predicted molar refractivity (Wildman–Crippen MR) is 83.3 cm³/mol. The lowest BCUT2D eigenvalue weighted by Crippen LogP contribution is -2.33. The summed E-state index contributed by atoms with van der Waals surface area (Å²) < 4.78 is 5.70. The number of nitrogens with zero attached hydrogens (tertiary/aromatic N) is 2. The van der Waals surface area contributed by atoms with Crippen molar-refractivity contribution >= 4 is 22.7 Å². The first-order chi connectivity index (χ1) is 9.55. The molecule has 2 aromatic rings. The standard InChI is InChI=1S/C15H22N4O/c1-5-20-15(2,3)10-17-13-11-8-6-7-9-12(11)18-14(16-4)19-13/h6-9H,5,10H2,1-4H3,(H2,16,17,18,19). The molecule has 0 spiro atoms. The van der Waals surface area contributed by atoms with Crippen molar-refractivity contribution in [2.24, 2.45) is 0 Å². The fraction of sp³-hybridized carbons (Fsp3) is 0.467. The fourth-order valence-corrected chi connectivity index (χ4v) is 2.06. The number of hydrogen-bond donors (Lipinski definition) is 2. The summed E-state index contributed by atoms with van der Waals surface area (Å²) in [4.78, 5) is 8.94. The maximum atomic E-state index is 5.70. The molecule has 0 radical (unpaired) electrons. The summed E-state index contributed by atoms with van der Waals surface area (Å²) in [7, 11) is 1.82. The molecule has 0 bridgehead atoms. The molecule has 0 atom stereocenters. The minimum atomic E-state index is -0.236. The van der Waals surface area contributed by atoms with Crippen molar-refractivity contribution in [3.63, 3.8) is 0 Å². The number of anilines is 2. The molecule has 1 heterocycles. The van der Waals surface area contributed by atoms with Gasteiger partial charge in [0.2, 0.25) is 5.95 Å². The molecule has 108 valence electrons. The number of benzene rings is 1. The summed E-state index contributed by atoms with van der Waals surface area (Å²) in [5.41, 5.74) is 0.684. The lowest BCUT2D eigenvalue weighted by molar-refractivity contribution is 0.000664. The van der Waals surface area contributed by atoms with E-state index in [1.54, 1.807) is 0 Å². The van der Waals surface area contributed by atoms with Crippen LogP contribution < -0.4 is 10.6 Å². The zero-order valence-electron chi connectivity index (χ0n) is 12.5. The number of aromatic nitrogens is 2. The van der Waals surface area contributed by atoms with E-state index in [9.17, 15) is 0 Å². The van der Waals surface area contributed by atoms with Gasteiger partial charge in [-0.05, 0) is 32.9 Å². The molecule has 1 aromatic heterocycles. The quantitative estimate of drug-likeness (QED) is 0.848. The van der Waals surface area contributed by atoms with E-state index in [1.165, 1.54) is 0 Å². The van der Waals surface area contributed by atoms with Crippen LogP contribution in [0, 0.1) is 0 Å². The maximum absolute atomic E-state index is 5.70. The monoisotopic (exact) mass is 274 g/mol. The van der Waals surface area contributed by atoms with Crippen LogP contribution in [-0.4, -0.2) is 35.8 Å². The molecule has 0 unspecified atom stereocenters. The Morgan fingerprint density at radius 3 is 2.65 bits per heavy atom. The first kappa shape index (κ1) is 14.5. The Bertz CT molecular complexity index is 583. The van der Waals surface area contributed by atoms with Crippen LogP contribution in [0.2, 0.25) is 0 Å². The van der Waals surface area contributed by atoms with Crippen molar-refractivity contribution in [2.75, 3.05) is 30.8 Å². The van der Waals surface area contributed by atoms with Crippen LogP contribution in [-0.2, 0) is 4.74 Å². The van der Waals surface area contributed by atoms with Gasteiger partial charge in [0, 0.05) is 25.6 Å². The molecule has 20 heavy (non-hydrogen) atoms. The third kappa shape index (κ3) is 3.36. The van der Waals surface area contributed by atoms with Gasteiger partial charge in [0.25, 0.3) is 0 Å². The van der Waals surface area contributed by atoms with Crippen LogP contribution in [0.1, 0.15) is 20.8 Å². The molecule has 0 aliphatic rings. The average molecular weight is 274 g/mol. The second-order valence-electron chi connectivity index (χ2n) is 5.21. The van der Waals surface area contributed by atoms with E-state index in [0.717, 1.165) is 16.7 Å². The van der Waals surface area contributed by atoms with Crippen molar-refractivity contribution in [3.8, 4) is 0 Å². The van der Waals surface area contributed by atoms with Gasteiger partial charge in [-0.1, -0.05) is 12.1 Å². The second kappa shape index (κ2) is 6.05. The van der Waals surface area contributed by atoms with Crippen molar-refractivity contribution in [1.82, 2.24) is 9.97 Å². The van der Waals surface area contributed by atoms with Gasteiger partial charge in [0.1, 0.15) is 5.82 Å². The largest absolute Gasteiger partial charge is 0.374 e. The van der Waals surface area contributed by atoms with Crippen molar-refractivity contribution in [2.45, 2.75) is 26.4 Å². The van der Waals surface area contributed by atoms with Gasteiger partial charge in [-0.25, -0.2) is 4.98 Å². The predicted octanol–water partition coefficient (Wildman–Crippen LogP) is 2.90. The maximum Gasteiger partial charge on any atom is 0.224 e. The minimum Gasteiger partial charge on any atom is -0.374 e. The molecule has 0 amide bonds. The Kier molecular flexibility index (Phi) is 4.39. The zero-order chi connectivity index (χ0) is 14.6. The first-order valence-electron chi connectivity index (χ1n) is 6.88. The van der Waals surface area contributed by atoms with Gasteiger partial charge in [-0.2, -0.15) is 4.98 Å². The number of nitrogens with one attached hydrogen (secondary N) is 2. The third-order valence-corrected chi connectivity index (χ3v) is 3.04. The molecule has 2 rings (SSSR count). The number of hydrogen-bond acceptors (Lipinski definition) is 5. The van der Waals surface area contributed by atoms with E-state index in [-0.39, 0.29) is 5.60 Å². The summed E-state index contributed by atoms with van der Waals surface area (Å²) in [5, 5.41) is 7.37. The molecular weight excluding hydrogens is 252 g/mol. The van der Waals surface area contributed by atoms with Gasteiger partial charge in [0.05, 0.1) is 11.1 Å². The molecule has 0 aliphatic carbocycles. The Morgan fingerprint density at radius 1 is 1.20 bits per heavy atom. The van der Waals surface area contributed by atoms with Crippen molar-refractivity contribution in [1.29, 1.82) is 0 Å². The molecule has 5 nitrogen and oxygen atoms in total. The Balaban J connectivity index is 2.28. The van der Waals surface area contributed by atoms with Crippen LogP contribution in [0.5, 0.6) is 0 Å². The minimum absolute atomic E-state index is 0.236. The van der Waals surface area contributed by atoms with E-state index in [0.29, 0.717) is 19.1 Å². The van der Waals surface area contributed by atoms with E-state index in [1.807, 2.05) is 38.2 Å². The highest BCUT2D eigenvalue weighted by atomic mass is 16.5. The topological polar surface area (TPSA) is 59.1 Å². The third-order valence-electron chi connectivity index (χ3n) is 3.04. The van der Waals surface area contributed by atoms with E-state index in [2.05, 4.69) is 34.4 Å². The van der Waals surface area contributed by atoms with Gasteiger partial charge >= 0.3 is 0 Å². The van der Waals surface area contributed by atoms with Gasteiger partial charge in [-0.15, -0.1) is 0 Å². The molecule has 0 aliphatic heterocycles. The first-order valence-corrected chi connectivity index (χ1v) is 6.88. The molecule has 2 N–H and O–H groups in total. The smallest absolute Gasteiger partial charge is 0.224 e. The number of fused-ring (bicyclic) bond motifs is 1. The second-order valence-corrected chi connectivity index (χ2v) is 5.21. The molecule has 1 aromatic carbocycles. The summed E-state index contributed by atoms with van der Waals surface area (Å²) >= 11 is 0. The lowest BCUT2D eigenvalue weighted by Gasteiger charge is -2.25. The van der Waals surface area contributed by atoms with Crippen LogP contribution in [0.15, 0.2) is 24.3 Å². The van der Waals surface area contributed by atoms with Crippen molar-refractivity contribution in [3.05, 3.63) is 24.3 Å². The molecule has 5 heteroatoms. The number of para-hydroxylation sites is 1. The normalized spacial score (nSPS) is 11.6. The highest BCUT2D eigenvalue weighted by molar-refractivity contribution is 5.90. The van der Waals surface area contributed by atoms with Gasteiger partial charge in [-0.3, -0.25) is 0 Å². The van der Waals surface area contributed by atoms with Crippen LogP contribution in [0.4, 0.5) is 11.8 Å². The van der Waals surface area contributed by atoms with Crippen LogP contribution in [0.25, 0.3) is 10.9 Å². The van der Waals surface area contributed by atoms with E-state index in [4.69, 9.17) is 4.74 Å². The zero-order valence-corrected chi connectivity index (χ0v) is 12.5. The van der Waals surface area contributed by atoms with Gasteiger partial charge in [0.15, 0.2) is 0 Å². The van der Waals surface area contributed by atoms with Crippen LogP contribution in [0.3, 0.4) is 0 Å². The highest BCUT2D eigenvalue weighted by Gasteiger charge is 2.18. The lowest BCUT2D eigenvalue weighted by atomic mass is 10.1. The average Bonchev–Trinajstić information content (AvgIpc) is 2.44. The summed E-state index contributed by atoms with van der Waals surface area (Å²) in [5.74, 6) is 1.44. The Morgan fingerprint density at radius 2 is 1.95 bits per heavy atom. The molecule has 0 fully saturated rings. The molecule has 0 saturated heterocycles. The summed E-state index contributed by atoms with van der Waals surface area (Å²) in [6.45, 7) is 7.50. The van der Waals surface area contributed by atoms with Crippen LogP contribution >= 0.6 is 0 Å². The molecule has 0 saturated carbocycles. The van der Waals surface area contributed by atoms with Crippen molar-refractivity contribution < 1.29 is 4.74 Å². The summed E-state index contributed by atoms with van der Waals surface area (Å²) in [6, 6.07) is 7.97. The summed E-state index contributed by atoms with van der Waals surface area (Å²) in [6.07, 6.45) is 0. The van der Waals surface area contributed by atoms with E-state index < -0.39 is 0 Å². The van der Waals surface area contributed by atoms with Gasteiger partial charge < -0.3 is 15.4 Å². The highest BCUT2D eigenvalue weighted by Crippen LogP contribution is 2.22. The fourth-order valence-electron chi connectivity index (χ4n) is 2.06. The van der Waals surface area contributed by atoms with E-state index >= 15 is 0 Å².